The summed E-state index contributed by atoms with van der Waals surface area (Å²) in [6.45, 7) is 0. The van der Waals surface area contributed by atoms with Crippen molar-refractivity contribution in [1.82, 2.24) is 30.0 Å². The number of nitrogens with one attached hydrogen (secondary N) is 2. The molecule has 0 saturated carbocycles. The van der Waals surface area contributed by atoms with Crippen LogP contribution >= 0.6 is 11.6 Å². The number of carbonyl (C=O) groups is 1. The monoisotopic (exact) mass is 426 g/mol. The minimum atomic E-state index is -4.66. The highest BCUT2D eigenvalue weighted by Gasteiger charge is 2.35. The molecule has 0 radical (unpaired) electrons. The van der Waals surface area contributed by atoms with Crippen LogP contribution in [0.3, 0.4) is 0 Å². The maximum Gasteiger partial charge on any atom is 0.451 e. The predicted octanol–water partition coefficient (Wildman–Crippen LogP) is 2.96. The fraction of sp³-hybridized carbons (Fsp3) is 0.188. The maximum atomic E-state index is 12.6. The Morgan fingerprint density at radius 2 is 2.00 bits per heavy atom. The number of anilines is 3. The summed E-state index contributed by atoms with van der Waals surface area (Å²) in [7, 11) is 3.21. The minimum Gasteiger partial charge on any atom is -0.383 e. The number of halogens is 4. The Morgan fingerprint density at radius 1 is 1.28 bits per heavy atom. The molecule has 4 N–H and O–H groups in total. The second kappa shape index (κ2) is 7.54. The molecule has 2 heterocycles. The summed E-state index contributed by atoms with van der Waals surface area (Å²) in [5.74, 6) is -1.84. The van der Waals surface area contributed by atoms with E-state index in [1.54, 1.807) is 25.3 Å². The molecule has 1 aromatic carbocycles. The van der Waals surface area contributed by atoms with Crippen molar-refractivity contribution in [1.29, 1.82) is 0 Å². The van der Waals surface area contributed by atoms with Gasteiger partial charge in [-0.3, -0.25) is 9.89 Å². The first kappa shape index (κ1) is 20.3. The van der Waals surface area contributed by atoms with E-state index in [1.165, 1.54) is 23.2 Å². The fourth-order valence-electron chi connectivity index (χ4n) is 2.27. The smallest absolute Gasteiger partial charge is 0.383 e. The molecule has 0 spiro atoms. The number of alkyl halides is 3. The molecule has 0 bridgehead atoms. The van der Waals surface area contributed by atoms with Crippen LogP contribution in [-0.4, -0.2) is 50.1 Å². The molecular weight excluding hydrogens is 413 g/mol. The standard InChI is InChI=1S/C16H14ClF3N8O/c1-28(2)13(29)8-4-3-7(5-10(8)17)23-15-22-6-9(11(21)24-15)12-25-14(27-26-12)16(18,19)20/h3-6H,1-2H3,(H,25,26,27)(H3,21,22,23,24). The third kappa shape index (κ3) is 4.37. The lowest BCUT2D eigenvalue weighted by atomic mass is 10.2. The van der Waals surface area contributed by atoms with E-state index in [9.17, 15) is 18.0 Å². The van der Waals surface area contributed by atoms with E-state index >= 15 is 0 Å². The molecule has 1 amide bonds. The highest BCUT2D eigenvalue weighted by Crippen LogP contribution is 2.29. The molecule has 2 aromatic heterocycles. The van der Waals surface area contributed by atoms with Gasteiger partial charge in [-0.15, -0.1) is 0 Å². The lowest BCUT2D eigenvalue weighted by Gasteiger charge is -2.13. The average molecular weight is 427 g/mol. The second-order valence-electron chi connectivity index (χ2n) is 6.02. The summed E-state index contributed by atoms with van der Waals surface area (Å²) >= 11 is 6.15. The lowest BCUT2D eigenvalue weighted by molar-refractivity contribution is -0.144. The van der Waals surface area contributed by atoms with Gasteiger partial charge >= 0.3 is 6.18 Å². The molecule has 29 heavy (non-hydrogen) atoms. The number of amides is 1. The van der Waals surface area contributed by atoms with Crippen LogP contribution in [0.1, 0.15) is 16.2 Å². The molecule has 0 saturated heterocycles. The second-order valence-corrected chi connectivity index (χ2v) is 6.42. The van der Waals surface area contributed by atoms with Gasteiger partial charge in [0.1, 0.15) is 5.82 Å². The van der Waals surface area contributed by atoms with Crippen LogP contribution in [0, 0.1) is 0 Å². The van der Waals surface area contributed by atoms with Crippen molar-refractivity contribution in [3.8, 4) is 11.4 Å². The highest BCUT2D eigenvalue weighted by molar-refractivity contribution is 6.34. The normalized spacial score (nSPS) is 11.4. The maximum absolute atomic E-state index is 12.6. The average Bonchev–Trinajstić information content (AvgIpc) is 3.11. The van der Waals surface area contributed by atoms with Crippen LogP contribution in [-0.2, 0) is 6.18 Å². The van der Waals surface area contributed by atoms with Gasteiger partial charge in [0.15, 0.2) is 5.82 Å². The molecule has 9 nitrogen and oxygen atoms in total. The fourth-order valence-corrected chi connectivity index (χ4v) is 2.53. The van der Waals surface area contributed by atoms with Crippen molar-refractivity contribution in [3.05, 3.63) is 40.8 Å². The number of hydrogen-bond donors (Lipinski definition) is 3. The SMILES string of the molecule is CN(C)C(=O)c1ccc(Nc2ncc(-c3n[nH]c(C(F)(F)F)n3)c(N)n2)cc1Cl. The van der Waals surface area contributed by atoms with E-state index in [0.29, 0.717) is 11.3 Å². The zero-order valence-electron chi connectivity index (χ0n) is 15.0. The van der Waals surface area contributed by atoms with Crippen LogP contribution in [0.5, 0.6) is 0 Å². The van der Waals surface area contributed by atoms with Crippen LogP contribution in [0.4, 0.5) is 30.6 Å². The number of H-pyrrole nitrogens is 1. The summed E-state index contributed by atoms with van der Waals surface area (Å²) in [5, 5.41) is 8.36. The Morgan fingerprint density at radius 3 is 2.55 bits per heavy atom. The van der Waals surface area contributed by atoms with Gasteiger partial charge in [0.05, 0.1) is 16.1 Å². The molecule has 13 heteroatoms. The molecule has 0 atom stereocenters. The number of aromatic amines is 1. The first-order valence-electron chi connectivity index (χ1n) is 7.97. The van der Waals surface area contributed by atoms with Gasteiger partial charge in [-0.25, -0.2) is 9.97 Å². The van der Waals surface area contributed by atoms with Crippen molar-refractivity contribution in [2.75, 3.05) is 25.1 Å². The zero-order valence-corrected chi connectivity index (χ0v) is 15.8. The van der Waals surface area contributed by atoms with Crippen molar-refractivity contribution in [2.45, 2.75) is 6.18 Å². The van der Waals surface area contributed by atoms with Crippen molar-refractivity contribution >= 4 is 35.0 Å². The van der Waals surface area contributed by atoms with Gasteiger partial charge in [-0.2, -0.15) is 23.3 Å². The number of nitrogens with zero attached hydrogens (tertiary/aromatic N) is 5. The number of benzene rings is 1. The predicted molar refractivity (Wildman–Crippen MR) is 99.6 cm³/mol. The molecule has 3 rings (SSSR count). The molecule has 0 aliphatic heterocycles. The first-order valence-corrected chi connectivity index (χ1v) is 8.34. The Labute approximate surface area is 167 Å². The van der Waals surface area contributed by atoms with E-state index in [0.717, 1.165) is 0 Å². The van der Waals surface area contributed by atoms with E-state index in [2.05, 4.69) is 25.4 Å². The van der Waals surface area contributed by atoms with Gasteiger partial charge in [0, 0.05) is 26.0 Å². The van der Waals surface area contributed by atoms with Crippen LogP contribution < -0.4 is 11.1 Å². The Balaban J connectivity index is 1.81. The molecule has 0 aliphatic rings. The Bertz CT molecular complexity index is 1070. The topological polar surface area (TPSA) is 126 Å². The van der Waals surface area contributed by atoms with Gasteiger partial charge in [0.2, 0.25) is 11.8 Å². The number of nitrogens with two attached hydrogens (primary N) is 1. The largest absolute Gasteiger partial charge is 0.451 e. The first-order chi connectivity index (χ1) is 13.6. The zero-order chi connectivity index (χ0) is 21.3. The van der Waals surface area contributed by atoms with E-state index in [-0.39, 0.29) is 34.1 Å². The molecule has 0 unspecified atom stereocenters. The van der Waals surface area contributed by atoms with E-state index in [4.69, 9.17) is 17.3 Å². The quantitative estimate of drug-likeness (QED) is 0.585. The molecule has 0 aliphatic carbocycles. The van der Waals surface area contributed by atoms with Crippen LogP contribution in [0.15, 0.2) is 24.4 Å². The highest BCUT2D eigenvalue weighted by atomic mass is 35.5. The van der Waals surface area contributed by atoms with E-state index in [1.807, 2.05) is 0 Å². The number of carbonyl (C=O) groups excluding carboxylic acids is 1. The number of hydrogen-bond acceptors (Lipinski definition) is 7. The van der Waals surface area contributed by atoms with Gasteiger partial charge < -0.3 is 16.0 Å². The Kier molecular flexibility index (Phi) is 5.29. The molecular formula is C16H14ClF3N8O. The van der Waals surface area contributed by atoms with Gasteiger partial charge in [-0.1, -0.05) is 11.6 Å². The van der Waals surface area contributed by atoms with Crippen molar-refractivity contribution < 1.29 is 18.0 Å². The summed E-state index contributed by atoms with van der Waals surface area (Å²) in [4.78, 5) is 24.8. The Hall–Kier alpha value is -3.41. The molecule has 152 valence electrons. The molecule has 3 aromatic rings. The van der Waals surface area contributed by atoms with Crippen molar-refractivity contribution in [3.63, 3.8) is 0 Å². The minimum absolute atomic E-state index is 0.0345. The van der Waals surface area contributed by atoms with Crippen LogP contribution in [0.2, 0.25) is 5.02 Å². The van der Waals surface area contributed by atoms with Gasteiger partial charge in [0.25, 0.3) is 5.91 Å². The summed E-state index contributed by atoms with van der Waals surface area (Å²) in [6, 6.07) is 4.65. The van der Waals surface area contributed by atoms with Crippen LogP contribution in [0.25, 0.3) is 11.4 Å². The van der Waals surface area contributed by atoms with Crippen molar-refractivity contribution in [2.24, 2.45) is 0 Å². The number of nitrogen functional groups attached to an aromatic ring is 1. The summed E-state index contributed by atoms with van der Waals surface area (Å²) in [5.41, 5.74) is 6.65. The molecule has 0 fully saturated rings. The summed E-state index contributed by atoms with van der Waals surface area (Å²) in [6.07, 6.45) is -3.47. The van der Waals surface area contributed by atoms with Gasteiger partial charge in [-0.05, 0) is 18.2 Å². The lowest BCUT2D eigenvalue weighted by Crippen LogP contribution is -2.21. The third-order valence-corrected chi connectivity index (χ3v) is 3.99. The van der Waals surface area contributed by atoms with E-state index < -0.39 is 12.0 Å². The number of aromatic nitrogens is 5. The number of rotatable bonds is 4. The third-order valence-electron chi connectivity index (χ3n) is 3.67. The summed E-state index contributed by atoms with van der Waals surface area (Å²) < 4.78 is 37.9.